The fraction of sp³-hybridized carbons (Fsp3) is 0.500. The number of nitrogens with two attached hydrogens (primary N) is 1. The van der Waals surface area contributed by atoms with Crippen molar-refractivity contribution in [3.05, 3.63) is 34.9 Å². The second-order valence-electron chi connectivity index (χ2n) is 4.13. The lowest BCUT2D eigenvalue weighted by Gasteiger charge is -2.29. The highest BCUT2D eigenvalue weighted by Crippen LogP contribution is 2.12. The Morgan fingerprint density at radius 3 is 2.69 bits per heavy atom. The van der Waals surface area contributed by atoms with Crippen LogP contribution in [0.15, 0.2) is 24.3 Å². The highest BCUT2D eigenvalue weighted by molar-refractivity contribution is 6.30. The molecule has 88 valence electrons. The minimum Gasteiger partial charge on any atom is -0.374 e. The van der Waals surface area contributed by atoms with Gasteiger partial charge in [0.15, 0.2) is 0 Å². The Morgan fingerprint density at radius 1 is 1.38 bits per heavy atom. The number of hydrogen-bond donors (Lipinski definition) is 2. The van der Waals surface area contributed by atoms with Crippen LogP contribution in [0.2, 0.25) is 5.02 Å². The zero-order valence-electron chi connectivity index (χ0n) is 9.16. The van der Waals surface area contributed by atoms with Crippen LogP contribution in [-0.4, -0.2) is 31.8 Å². The normalized spacial score (nSPS) is 25.6. The van der Waals surface area contributed by atoms with Gasteiger partial charge in [0.1, 0.15) is 0 Å². The standard InChI is InChI=1S/C12H17ClN2O/c13-10-3-1-9(2-4-10)5-11-8-16-12(6-14)7-15-11/h1-4,11-12,15H,5-8,14H2/t11-,12-/m0/s1. The second-order valence-corrected chi connectivity index (χ2v) is 4.56. The van der Waals surface area contributed by atoms with Crippen LogP contribution in [0.1, 0.15) is 5.56 Å². The number of hydrogen-bond acceptors (Lipinski definition) is 3. The van der Waals surface area contributed by atoms with E-state index in [2.05, 4.69) is 17.4 Å². The molecule has 4 heteroatoms. The number of morpholine rings is 1. The summed E-state index contributed by atoms with van der Waals surface area (Å²) in [4.78, 5) is 0. The third-order valence-corrected chi connectivity index (χ3v) is 3.08. The topological polar surface area (TPSA) is 47.3 Å². The molecular weight excluding hydrogens is 224 g/mol. The maximum Gasteiger partial charge on any atom is 0.0822 e. The van der Waals surface area contributed by atoms with E-state index in [1.807, 2.05) is 12.1 Å². The van der Waals surface area contributed by atoms with E-state index in [-0.39, 0.29) is 6.10 Å². The van der Waals surface area contributed by atoms with Gasteiger partial charge in [-0.05, 0) is 24.1 Å². The van der Waals surface area contributed by atoms with E-state index < -0.39 is 0 Å². The van der Waals surface area contributed by atoms with Crippen LogP contribution in [-0.2, 0) is 11.2 Å². The molecule has 1 aromatic rings. The lowest BCUT2D eigenvalue weighted by Crippen LogP contribution is -2.49. The summed E-state index contributed by atoms with van der Waals surface area (Å²) >= 11 is 5.84. The predicted octanol–water partition coefficient (Wildman–Crippen LogP) is 1.20. The van der Waals surface area contributed by atoms with Gasteiger partial charge in [-0.3, -0.25) is 0 Å². The van der Waals surface area contributed by atoms with Gasteiger partial charge in [-0.15, -0.1) is 0 Å². The van der Waals surface area contributed by atoms with E-state index in [1.165, 1.54) is 5.56 Å². The largest absolute Gasteiger partial charge is 0.374 e. The quantitative estimate of drug-likeness (QED) is 0.835. The molecule has 0 unspecified atom stereocenters. The molecule has 3 N–H and O–H groups in total. The number of ether oxygens (including phenoxy) is 1. The molecule has 0 saturated carbocycles. The summed E-state index contributed by atoms with van der Waals surface area (Å²) in [6, 6.07) is 8.33. The fourth-order valence-electron chi connectivity index (χ4n) is 1.86. The van der Waals surface area contributed by atoms with Crippen molar-refractivity contribution in [3.63, 3.8) is 0 Å². The molecule has 0 aliphatic carbocycles. The van der Waals surface area contributed by atoms with Gasteiger partial charge in [0.2, 0.25) is 0 Å². The average molecular weight is 241 g/mol. The van der Waals surface area contributed by atoms with Gasteiger partial charge in [0.25, 0.3) is 0 Å². The molecule has 0 amide bonds. The van der Waals surface area contributed by atoms with Crippen molar-refractivity contribution in [2.75, 3.05) is 19.7 Å². The lowest BCUT2D eigenvalue weighted by atomic mass is 10.1. The molecule has 1 heterocycles. The van der Waals surface area contributed by atoms with Crippen LogP contribution in [0.3, 0.4) is 0 Å². The molecule has 2 rings (SSSR count). The molecule has 1 aliphatic heterocycles. The van der Waals surface area contributed by atoms with Gasteiger partial charge >= 0.3 is 0 Å². The molecule has 3 nitrogen and oxygen atoms in total. The van der Waals surface area contributed by atoms with Crippen LogP contribution >= 0.6 is 11.6 Å². The Labute approximate surface area is 101 Å². The van der Waals surface area contributed by atoms with Crippen LogP contribution in [0.4, 0.5) is 0 Å². The lowest BCUT2D eigenvalue weighted by molar-refractivity contribution is 0.00991. The van der Waals surface area contributed by atoms with Crippen LogP contribution < -0.4 is 11.1 Å². The summed E-state index contributed by atoms with van der Waals surface area (Å²) in [5.41, 5.74) is 6.81. The van der Waals surface area contributed by atoms with Crippen LogP contribution in [0.25, 0.3) is 0 Å². The molecule has 1 aliphatic rings. The summed E-state index contributed by atoms with van der Waals surface area (Å²) in [6.07, 6.45) is 1.13. The van der Waals surface area contributed by atoms with Crippen molar-refractivity contribution in [2.24, 2.45) is 5.73 Å². The third-order valence-electron chi connectivity index (χ3n) is 2.83. The summed E-state index contributed by atoms with van der Waals surface area (Å²) in [6.45, 7) is 2.15. The maximum absolute atomic E-state index is 5.84. The SMILES string of the molecule is NC[C@H]1CN[C@@H](Cc2ccc(Cl)cc2)CO1. The van der Waals surface area contributed by atoms with Crippen LogP contribution in [0.5, 0.6) is 0 Å². The van der Waals surface area contributed by atoms with Crippen molar-refractivity contribution in [1.82, 2.24) is 5.32 Å². The fourth-order valence-corrected chi connectivity index (χ4v) is 1.98. The average Bonchev–Trinajstić information content (AvgIpc) is 2.33. The first kappa shape index (κ1) is 11.9. The van der Waals surface area contributed by atoms with Crippen molar-refractivity contribution >= 4 is 11.6 Å². The summed E-state index contributed by atoms with van der Waals surface area (Å²) < 4.78 is 5.62. The maximum atomic E-state index is 5.84. The number of rotatable bonds is 3. The summed E-state index contributed by atoms with van der Waals surface area (Å²) in [5.74, 6) is 0. The Balaban J connectivity index is 1.84. The van der Waals surface area contributed by atoms with Crippen LogP contribution in [0, 0.1) is 0 Å². The molecule has 0 spiro atoms. The molecule has 16 heavy (non-hydrogen) atoms. The molecule has 1 saturated heterocycles. The smallest absolute Gasteiger partial charge is 0.0822 e. The number of benzene rings is 1. The van der Waals surface area contributed by atoms with Crippen molar-refractivity contribution in [1.29, 1.82) is 0 Å². The first-order valence-electron chi connectivity index (χ1n) is 5.57. The summed E-state index contributed by atoms with van der Waals surface area (Å²) in [7, 11) is 0. The van der Waals surface area contributed by atoms with Gasteiger partial charge in [-0.25, -0.2) is 0 Å². The molecule has 2 atom stereocenters. The van der Waals surface area contributed by atoms with Gasteiger partial charge in [-0.2, -0.15) is 0 Å². The van der Waals surface area contributed by atoms with Gasteiger partial charge < -0.3 is 15.8 Å². The molecular formula is C12H17ClN2O. The van der Waals surface area contributed by atoms with E-state index in [1.54, 1.807) is 0 Å². The van der Waals surface area contributed by atoms with E-state index in [0.29, 0.717) is 12.6 Å². The molecule has 1 fully saturated rings. The Bertz CT molecular complexity index is 320. The van der Waals surface area contributed by atoms with E-state index in [9.17, 15) is 0 Å². The molecule has 1 aromatic carbocycles. The van der Waals surface area contributed by atoms with E-state index in [0.717, 1.165) is 24.6 Å². The van der Waals surface area contributed by atoms with Crippen molar-refractivity contribution in [2.45, 2.75) is 18.6 Å². The van der Waals surface area contributed by atoms with Gasteiger partial charge in [0.05, 0.1) is 12.7 Å². The molecule has 0 aromatic heterocycles. The van der Waals surface area contributed by atoms with Gasteiger partial charge in [0, 0.05) is 24.2 Å². The molecule has 0 radical (unpaired) electrons. The van der Waals surface area contributed by atoms with Crippen molar-refractivity contribution in [3.8, 4) is 0 Å². The zero-order valence-corrected chi connectivity index (χ0v) is 9.91. The highest BCUT2D eigenvalue weighted by Gasteiger charge is 2.19. The molecule has 0 bridgehead atoms. The minimum atomic E-state index is 0.168. The zero-order chi connectivity index (χ0) is 11.4. The first-order valence-corrected chi connectivity index (χ1v) is 5.95. The number of halogens is 1. The summed E-state index contributed by atoms with van der Waals surface area (Å²) in [5, 5.41) is 4.22. The Kier molecular flexibility index (Phi) is 4.18. The van der Waals surface area contributed by atoms with Crippen molar-refractivity contribution < 1.29 is 4.74 Å². The monoisotopic (exact) mass is 240 g/mol. The Morgan fingerprint density at radius 2 is 2.12 bits per heavy atom. The Hall–Kier alpha value is -0.610. The second kappa shape index (κ2) is 5.64. The van der Waals surface area contributed by atoms with E-state index in [4.69, 9.17) is 22.1 Å². The highest BCUT2D eigenvalue weighted by atomic mass is 35.5. The van der Waals surface area contributed by atoms with E-state index >= 15 is 0 Å². The minimum absolute atomic E-state index is 0.168. The predicted molar refractivity (Wildman–Crippen MR) is 65.7 cm³/mol. The first-order chi connectivity index (χ1) is 7.78. The third kappa shape index (κ3) is 3.19. The van der Waals surface area contributed by atoms with Gasteiger partial charge in [-0.1, -0.05) is 23.7 Å². The number of nitrogens with one attached hydrogen (secondary N) is 1.